The van der Waals surface area contributed by atoms with Crippen LogP contribution in [-0.4, -0.2) is 29.0 Å². The van der Waals surface area contributed by atoms with E-state index in [9.17, 15) is 14.9 Å². The number of urea groups is 1. The zero-order valence-corrected chi connectivity index (χ0v) is 11.5. The van der Waals surface area contributed by atoms with Gasteiger partial charge in [-0.05, 0) is 13.0 Å². The summed E-state index contributed by atoms with van der Waals surface area (Å²) in [5, 5.41) is 17.2. The van der Waals surface area contributed by atoms with Gasteiger partial charge in [-0.3, -0.25) is 10.1 Å². The van der Waals surface area contributed by atoms with Gasteiger partial charge in [-0.1, -0.05) is 0 Å². The van der Waals surface area contributed by atoms with Crippen LogP contribution in [0.4, 0.5) is 16.2 Å². The average Bonchev–Trinajstić information content (AvgIpc) is 2.72. The summed E-state index contributed by atoms with van der Waals surface area (Å²) < 4.78 is 0.773. The highest BCUT2D eigenvalue weighted by molar-refractivity contribution is 7.18. The molecule has 106 valence electrons. The van der Waals surface area contributed by atoms with Crippen LogP contribution < -0.4 is 16.4 Å². The number of nitrogens with two attached hydrogens (primary N) is 1. The third kappa shape index (κ3) is 3.12. The summed E-state index contributed by atoms with van der Waals surface area (Å²) in [6.45, 7) is 2.46. The van der Waals surface area contributed by atoms with E-state index >= 15 is 0 Å². The molecule has 0 saturated heterocycles. The summed E-state index contributed by atoms with van der Waals surface area (Å²) in [6, 6.07) is 2.51. The molecule has 1 heterocycles. The van der Waals surface area contributed by atoms with E-state index in [0.717, 1.165) is 9.71 Å². The van der Waals surface area contributed by atoms with Crippen molar-refractivity contribution in [2.75, 3.05) is 18.4 Å². The maximum absolute atomic E-state index is 11.1. The van der Waals surface area contributed by atoms with Gasteiger partial charge < -0.3 is 16.4 Å². The molecule has 2 amide bonds. The Morgan fingerprint density at radius 3 is 2.90 bits per heavy atom. The summed E-state index contributed by atoms with van der Waals surface area (Å²) in [5.74, 6) is 0. The first kappa shape index (κ1) is 14.0. The number of thiazole rings is 1. The minimum Gasteiger partial charge on any atom is -0.378 e. The molecule has 0 aliphatic carbocycles. The molecule has 0 aliphatic heterocycles. The number of nitrogens with zero attached hydrogens (tertiary/aromatic N) is 2. The first-order chi connectivity index (χ1) is 9.47. The molecular weight excluding hydrogens is 282 g/mol. The van der Waals surface area contributed by atoms with E-state index in [2.05, 4.69) is 15.6 Å². The molecule has 0 unspecified atom stereocenters. The number of aryl methyl sites for hydroxylation is 1. The van der Waals surface area contributed by atoms with Crippen LogP contribution >= 0.6 is 11.3 Å². The van der Waals surface area contributed by atoms with Gasteiger partial charge in [0.15, 0.2) is 0 Å². The summed E-state index contributed by atoms with van der Waals surface area (Å²) in [6.07, 6.45) is 0. The lowest BCUT2D eigenvalue weighted by Crippen LogP contribution is -2.33. The van der Waals surface area contributed by atoms with Crippen LogP contribution in [0.15, 0.2) is 12.1 Å². The Morgan fingerprint density at radius 1 is 1.50 bits per heavy atom. The van der Waals surface area contributed by atoms with Crippen LogP contribution in [0.5, 0.6) is 0 Å². The van der Waals surface area contributed by atoms with Crippen molar-refractivity contribution in [3.05, 3.63) is 27.3 Å². The van der Waals surface area contributed by atoms with Crippen LogP contribution in [-0.2, 0) is 0 Å². The topological polar surface area (TPSA) is 123 Å². The van der Waals surface area contributed by atoms with Crippen molar-refractivity contribution in [1.82, 2.24) is 10.3 Å². The number of benzene rings is 1. The molecule has 0 saturated carbocycles. The van der Waals surface area contributed by atoms with Crippen molar-refractivity contribution in [3.63, 3.8) is 0 Å². The molecule has 0 radical (unpaired) electrons. The number of carbonyl (C=O) groups is 1. The molecule has 0 spiro atoms. The Kier molecular flexibility index (Phi) is 3.99. The van der Waals surface area contributed by atoms with E-state index in [1.165, 1.54) is 17.4 Å². The van der Waals surface area contributed by atoms with E-state index in [4.69, 9.17) is 5.73 Å². The summed E-state index contributed by atoms with van der Waals surface area (Å²) in [7, 11) is 0. The Bertz CT molecular complexity index is 669. The predicted octanol–water partition coefficient (Wildman–Crippen LogP) is 1.59. The van der Waals surface area contributed by atoms with Crippen LogP contribution in [0.3, 0.4) is 0 Å². The van der Waals surface area contributed by atoms with Gasteiger partial charge in [-0.25, -0.2) is 9.78 Å². The number of amides is 2. The van der Waals surface area contributed by atoms with Gasteiger partial charge in [0.05, 0.1) is 20.1 Å². The number of hydrogen-bond donors (Lipinski definition) is 3. The summed E-state index contributed by atoms with van der Waals surface area (Å²) >= 11 is 1.41. The van der Waals surface area contributed by atoms with Crippen molar-refractivity contribution in [3.8, 4) is 0 Å². The quantitative estimate of drug-likeness (QED) is 0.439. The van der Waals surface area contributed by atoms with Crippen LogP contribution in [0, 0.1) is 17.0 Å². The molecule has 4 N–H and O–H groups in total. The van der Waals surface area contributed by atoms with Crippen LogP contribution in [0.25, 0.3) is 10.2 Å². The molecule has 20 heavy (non-hydrogen) atoms. The normalized spacial score (nSPS) is 10.4. The van der Waals surface area contributed by atoms with Gasteiger partial charge in [0.1, 0.15) is 5.69 Å². The van der Waals surface area contributed by atoms with Crippen molar-refractivity contribution < 1.29 is 9.72 Å². The lowest BCUT2D eigenvalue weighted by molar-refractivity contribution is -0.383. The Morgan fingerprint density at radius 2 is 2.25 bits per heavy atom. The molecule has 1 aromatic heterocycles. The molecule has 2 aromatic rings. The molecular formula is C11H13N5O3S. The van der Waals surface area contributed by atoms with Crippen molar-refractivity contribution in [2.45, 2.75) is 6.92 Å². The van der Waals surface area contributed by atoms with Gasteiger partial charge in [0, 0.05) is 19.2 Å². The van der Waals surface area contributed by atoms with E-state index < -0.39 is 11.0 Å². The highest BCUT2D eigenvalue weighted by Crippen LogP contribution is 2.32. The molecule has 0 bridgehead atoms. The Hall–Kier alpha value is -2.42. The summed E-state index contributed by atoms with van der Waals surface area (Å²) in [5.41, 5.74) is 6.00. The zero-order valence-electron chi connectivity index (χ0n) is 10.7. The Labute approximate surface area is 118 Å². The minimum absolute atomic E-state index is 0.0137. The lowest BCUT2D eigenvalue weighted by atomic mass is 10.2. The number of hydrogen-bond acceptors (Lipinski definition) is 6. The van der Waals surface area contributed by atoms with Gasteiger partial charge in [0.25, 0.3) is 5.69 Å². The van der Waals surface area contributed by atoms with Gasteiger partial charge >= 0.3 is 6.03 Å². The van der Waals surface area contributed by atoms with E-state index in [-0.39, 0.29) is 12.2 Å². The lowest BCUT2D eigenvalue weighted by Gasteiger charge is -2.07. The molecule has 0 fully saturated rings. The van der Waals surface area contributed by atoms with Crippen molar-refractivity contribution >= 4 is 39.0 Å². The highest BCUT2D eigenvalue weighted by Gasteiger charge is 2.16. The average molecular weight is 295 g/mol. The van der Waals surface area contributed by atoms with E-state index in [1.54, 1.807) is 6.07 Å². The first-order valence-electron chi connectivity index (χ1n) is 5.80. The highest BCUT2D eigenvalue weighted by atomic mass is 32.1. The van der Waals surface area contributed by atoms with Gasteiger partial charge in [-0.15, -0.1) is 11.3 Å². The van der Waals surface area contributed by atoms with Gasteiger partial charge in [0.2, 0.25) is 0 Å². The van der Waals surface area contributed by atoms with E-state index in [0.29, 0.717) is 17.7 Å². The van der Waals surface area contributed by atoms with Crippen LogP contribution in [0.2, 0.25) is 0 Å². The van der Waals surface area contributed by atoms with Crippen molar-refractivity contribution in [2.24, 2.45) is 5.73 Å². The predicted molar refractivity (Wildman–Crippen MR) is 77.1 cm³/mol. The third-order valence-electron chi connectivity index (χ3n) is 2.55. The van der Waals surface area contributed by atoms with E-state index in [1.807, 2.05) is 6.92 Å². The fourth-order valence-electron chi connectivity index (χ4n) is 1.75. The number of nitro benzene ring substituents is 1. The number of fused-ring (bicyclic) bond motifs is 1. The molecule has 0 aliphatic rings. The fourth-order valence-corrected chi connectivity index (χ4v) is 2.60. The number of nitro groups is 1. The largest absolute Gasteiger partial charge is 0.378 e. The fraction of sp³-hybridized carbons (Fsp3) is 0.273. The van der Waals surface area contributed by atoms with Crippen LogP contribution in [0.1, 0.15) is 5.01 Å². The number of nitrogens with one attached hydrogen (secondary N) is 2. The SMILES string of the molecule is Cc1nc2cc(NCCNC(N)=O)c([N+](=O)[O-])cc2s1. The summed E-state index contributed by atoms with van der Waals surface area (Å²) in [4.78, 5) is 25.5. The third-order valence-corrected chi connectivity index (χ3v) is 3.48. The number of carbonyl (C=O) groups excluding carboxylic acids is 1. The van der Waals surface area contributed by atoms with Crippen molar-refractivity contribution in [1.29, 1.82) is 0 Å². The molecule has 2 rings (SSSR count). The number of primary amides is 1. The second-order valence-electron chi connectivity index (χ2n) is 4.04. The number of aromatic nitrogens is 1. The molecule has 0 atom stereocenters. The monoisotopic (exact) mass is 295 g/mol. The smallest absolute Gasteiger partial charge is 0.312 e. The number of rotatable bonds is 5. The number of anilines is 1. The standard InChI is InChI=1S/C11H13N5O3S/c1-6-15-8-4-7(13-2-3-14-11(12)17)9(16(18)19)5-10(8)20-6/h4-5,13H,2-3H2,1H3,(H3,12,14,17). The first-order valence-corrected chi connectivity index (χ1v) is 6.62. The molecule has 1 aromatic carbocycles. The molecule has 8 nitrogen and oxygen atoms in total. The second-order valence-corrected chi connectivity index (χ2v) is 5.28. The molecule has 9 heteroatoms. The maximum atomic E-state index is 11.1. The van der Waals surface area contributed by atoms with Gasteiger partial charge in [-0.2, -0.15) is 0 Å². The maximum Gasteiger partial charge on any atom is 0.312 e. The minimum atomic E-state index is -0.633. The second kappa shape index (κ2) is 5.70. The Balaban J connectivity index is 2.22. The zero-order chi connectivity index (χ0) is 14.7.